The highest BCUT2D eigenvalue weighted by Gasteiger charge is 2.30. The van der Waals surface area contributed by atoms with Gasteiger partial charge in [-0.1, -0.05) is 22.5 Å². The van der Waals surface area contributed by atoms with Crippen LogP contribution in [0.2, 0.25) is 0 Å². The van der Waals surface area contributed by atoms with Gasteiger partial charge in [-0.05, 0) is 29.8 Å². The first-order valence-electron chi connectivity index (χ1n) is 3.35. The van der Waals surface area contributed by atoms with Gasteiger partial charge in [-0.2, -0.15) is 13.2 Å². The second-order valence-electron chi connectivity index (χ2n) is 2.37. The fraction of sp³-hybridized carbons (Fsp3) is 0.111. The van der Waals surface area contributed by atoms with Crippen LogP contribution in [0.5, 0.6) is 0 Å². The largest absolute Gasteiger partial charge is 0.416 e. The Kier molecular flexibility index (Phi) is 2.81. The van der Waals surface area contributed by atoms with Crippen LogP contribution in [0.1, 0.15) is 11.1 Å². The number of rotatable bonds is 1. The van der Waals surface area contributed by atoms with Gasteiger partial charge in [0.15, 0.2) is 0 Å². The highest BCUT2D eigenvalue weighted by atomic mass is 79.9. The van der Waals surface area contributed by atoms with Crippen molar-refractivity contribution in [3.8, 4) is 0 Å². The fourth-order valence-corrected chi connectivity index (χ4v) is 1.22. The molecule has 0 nitrogen and oxygen atoms in total. The van der Waals surface area contributed by atoms with Gasteiger partial charge in [0.05, 0.1) is 5.56 Å². The van der Waals surface area contributed by atoms with Crippen molar-refractivity contribution in [2.24, 2.45) is 0 Å². The second kappa shape index (κ2) is 3.54. The first kappa shape index (κ1) is 10.3. The summed E-state index contributed by atoms with van der Waals surface area (Å²) in [6.07, 6.45) is -1.90. The van der Waals surface area contributed by atoms with Crippen LogP contribution in [0.25, 0.3) is 0 Å². The summed E-state index contributed by atoms with van der Waals surface area (Å²) in [7, 11) is 0. The van der Waals surface area contributed by atoms with Crippen molar-refractivity contribution in [2.45, 2.75) is 6.18 Å². The van der Waals surface area contributed by atoms with Gasteiger partial charge in [0.1, 0.15) is 0 Å². The van der Waals surface area contributed by atoms with Crippen LogP contribution >= 0.6 is 15.9 Å². The van der Waals surface area contributed by atoms with E-state index in [4.69, 9.17) is 0 Å². The minimum Gasteiger partial charge on any atom is -0.166 e. The van der Waals surface area contributed by atoms with Crippen molar-refractivity contribution in [3.05, 3.63) is 46.5 Å². The van der Waals surface area contributed by atoms with Crippen LogP contribution in [0, 0.1) is 6.08 Å². The molecular weight excluding hydrogens is 245 g/mol. The predicted molar refractivity (Wildman–Crippen MR) is 47.1 cm³/mol. The van der Waals surface area contributed by atoms with E-state index in [0.29, 0.717) is 10.0 Å². The Bertz CT molecular complexity index is 328. The quantitative estimate of drug-likeness (QED) is 0.710. The maximum Gasteiger partial charge on any atom is 0.416 e. The van der Waals surface area contributed by atoms with Crippen molar-refractivity contribution in [2.75, 3.05) is 0 Å². The minimum atomic E-state index is -4.31. The highest BCUT2D eigenvalue weighted by Crippen LogP contribution is 2.31. The lowest BCUT2D eigenvalue weighted by molar-refractivity contribution is -0.137. The van der Waals surface area contributed by atoms with E-state index in [2.05, 4.69) is 28.6 Å². The lowest BCUT2D eigenvalue weighted by Crippen LogP contribution is -2.04. The molecule has 1 aromatic carbocycles. The van der Waals surface area contributed by atoms with Gasteiger partial charge in [-0.15, -0.1) is 0 Å². The lowest BCUT2D eigenvalue weighted by atomic mass is 10.1. The maximum absolute atomic E-state index is 12.2. The normalized spacial score (nSPS) is 11.4. The van der Waals surface area contributed by atoms with Gasteiger partial charge < -0.3 is 0 Å². The van der Waals surface area contributed by atoms with E-state index in [0.717, 1.165) is 12.1 Å². The molecule has 0 fully saturated rings. The molecule has 1 radical (unpaired) electrons. The van der Waals surface area contributed by atoms with Crippen molar-refractivity contribution < 1.29 is 13.2 Å². The SMILES string of the molecule is C=[C]c1cc(C(F)(F)F)ccc1Br. The van der Waals surface area contributed by atoms with Crippen LogP contribution in [-0.4, -0.2) is 0 Å². The maximum atomic E-state index is 12.2. The van der Waals surface area contributed by atoms with Crippen LogP contribution < -0.4 is 0 Å². The summed E-state index contributed by atoms with van der Waals surface area (Å²) >= 11 is 3.09. The number of alkyl halides is 3. The molecule has 0 N–H and O–H groups in total. The van der Waals surface area contributed by atoms with Crippen molar-refractivity contribution in [1.82, 2.24) is 0 Å². The molecule has 4 heteroatoms. The van der Waals surface area contributed by atoms with Gasteiger partial charge in [0.2, 0.25) is 0 Å². The third-order valence-corrected chi connectivity index (χ3v) is 2.18. The van der Waals surface area contributed by atoms with E-state index in [9.17, 15) is 13.2 Å². The standard InChI is InChI=1S/C9H5BrF3/c1-2-6-5-7(9(11,12)13)3-4-8(6)10/h3-5H,1H2. The Labute approximate surface area is 82.2 Å². The summed E-state index contributed by atoms with van der Waals surface area (Å²) in [6.45, 7) is 3.29. The molecule has 0 aliphatic carbocycles. The molecule has 0 aliphatic heterocycles. The van der Waals surface area contributed by atoms with Gasteiger partial charge in [-0.3, -0.25) is 0 Å². The Hall–Kier alpha value is -0.770. The van der Waals surface area contributed by atoms with Gasteiger partial charge in [-0.25, -0.2) is 0 Å². The van der Waals surface area contributed by atoms with E-state index in [1.165, 1.54) is 6.07 Å². The van der Waals surface area contributed by atoms with E-state index in [-0.39, 0.29) is 0 Å². The van der Waals surface area contributed by atoms with Gasteiger partial charge >= 0.3 is 6.18 Å². The van der Waals surface area contributed by atoms with E-state index < -0.39 is 11.7 Å². The first-order chi connectivity index (χ1) is 5.95. The molecule has 0 heterocycles. The molecule has 13 heavy (non-hydrogen) atoms. The molecule has 0 spiro atoms. The fourth-order valence-electron chi connectivity index (χ4n) is 0.837. The zero-order chi connectivity index (χ0) is 10.1. The smallest absolute Gasteiger partial charge is 0.166 e. The molecule has 0 aliphatic rings. The molecule has 0 unspecified atom stereocenters. The molecule has 0 saturated carbocycles. The molecule has 0 amide bonds. The van der Waals surface area contributed by atoms with E-state index >= 15 is 0 Å². The Morgan fingerprint density at radius 1 is 1.31 bits per heavy atom. The van der Waals surface area contributed by atoms with E-state index in [1.807, 2.05) is 0 Å². The van der Waals surface area contributed by atoms with Crippen molar-refractivity contribution in [1.29, 1.82) is 0 Å². The number of halogens is 4. The predicted octanol–water partition coefficient (Wildman–Crippen LogP) is 3.81. The summed E-state index contributed by atoms with van der Waals surface area (Å²) in [5.41, 5.74) is -0.378. The molecule has 1 aromatic rings. The first-order valence-corrected chi connectivity index (χ1v) is 4.14. The average molecular weight is 250 g/mol. The third-order valence-electron chi connectivity index (χ3n) is 1.48. The number of hydrogen-bond donors (Lipinski definition) is 0. The van der Waals surface area contributed by atoms with Crippen LogP contribution in [-0.2, 0) is 6.18 Å². The topological polar surface area (TPSA) is 0 Å². The summed E-state index contributed by atoms with van der Waals surface area (Å²) < 4.78 is 37.1. The molecule has 0 atom stereocenters. The van der Waals surface area contributed by atoms with Crippen molar-refractivity contribution >= 4 is 15.9 Å². The summed E-state index contributed by atoms with van der Waals surface area (Å²) in [5.74, 6) is 0. The average Bonchev–Trinajstić information content (AvgIpc) is 2.03. The Morgan fingerprint density at radius 3 is 2.38 bits per heavy atom. The van der Waals surface area contributed by atoms with Crippen LogP contribution in [0.15, 0.2) is 29.3 Å². The Morgan fingerprint density at radius 2 is 1.92 bits per heavy atom. The molecular formula is C9H5BrF3. The van der Waals surface area contributed by atoms with Crippen LogP contribution in [0.3, 0.4) is 0 Å². The number of hydrogen-bond acceptors (Lipinski definition) is 0. The zero-order valence-corrected chi connectivity index (χ0v) is 8.04. The van der Waals surface area contributed by atoms with Gasteiger partial charge in [0, 0.05) is 4.47 Å². The van der Waals surface area contributed by atoms with Gasteiger partial charge in [0.25, 0.3) is 0 Å². The molecule has 69 valence electrons. The zero-order valence-electron chi connectivity index (χ0n) is 6.45. The summed E-state index contributed by atoms with van der Waals surface area (Å²) in [5, 5.41) is 0. The number of benzene rings is 1. The molecule has 1 rings (SSSR count). The minimum absolute atomic E-state index is 0.315. The molecule has 0 bridgehead atoms. The Balaban J connectivity index is 3.21. The molecule has 0 aromatic heterocycles. The van der Waals surface area contributed by atoms with E-state index in [1.54, 1.807) is 0 Å². The van der Waals surface area contributed by atoms with Crippen molar-refractivity contribution in [3.63, 3.8) is 0 Å². The monoisotopic (exact) mass is 249 g/mol. The summed E-state index contributed by atoms with van der Waals surface area (Å²) in [4.78, 5) is 0. The lowest BCUT2D eigenvalue weighted by Gasteiger charge is -2.07. The molecule has 0 saturated heterocycles. The summed E-state index contributed by atoms with van der Waals surface area (Å²) in [6, 6.07) is 3.33. The highest BCUT2D eigenvalue weighted by molar-refractivity contribution is 9.10. The second-order valence-corrected chi connectivity index (χ2v) is 3.22. The van der Waals surface area contributed by atoms with Crippen LogP contribution in [0.4, 0.5) is 13.2 Å². The third kappa shape index (κ3) is 2.34.